The number of rotatable bonds is 7. The number of carbonyl (C=O) groups excluding carboxylic acids is 2. The van der Waals surface area contributed by atoms with Gasteiger partial charge in [-0.2, -0.15) is 5.10 Å². The number of esters is 1. The molecule has 0 N–H and O–H groups in total. The molecule has 8 nitrogen and oxygen atoms in total. The van der Waals surface area contributed by atoms with Crippen molar-refractivity contribution in [2.24, 2.45) is 0 Å². The topological polar surface area (TPSA) is 98.6 Å². The van der Waals surface area contributed by atoms with Gasteiger partial charge in [0.1, 0.15) is 0 Å². The molecular formula is C26H27N3O5S. The van der Waals surface area contributed by atoms with Crippen LogP contribution in [0.1, 0.15) is 17.5 Å². The summed E-state index contributed by atoms with van der Waals surface area (Å²) in [5.74, 6) is -1.10. The van der Waals surface area contributed by atoms with Gasteiger partial charge in [0, 0.05) is 36.5 Å². The van der Waals surface area contributed by atoms with Crippen molar-refractivity contribution < 1.29 is 22.7 Å². The number of ether oxygens (including phenoxy) is 1. The Morgan fingerprint density at radius 1 is 1.14 bits per heavy atom. The number of carbonyl (C=O) groups is 2. The molecule has 1 atom stereocenters. The van der Waals surface area contributed by atoms with E-state index in [1.165, 1.54) is 18.0 Å². The molecule has 0 bridgehead atoms. The molecule has 1 saturated heterocycles. The van der Waals surface area contributed by atoms with Crippen molar-refractivity contribution in [3.63, 3.8) is 0 Å². The number of aromatic nitrogens is 2. The smallest absolute Gasteiger partial charge is 0.331 e. The van der Waals surface area contributed by atoms with Gasteiger partial charge < -0.3 is 9.64 Å². The molecule has 0 saturated carbocycles. The van der Waals surface area contributed by atoms with Gasteiger partial charge in [-0.3, -0.25) is 4.79 Å². The Balaban J connectivity index is 1.46. The summed E-state index contributed by atoms with van der Waals surface area (Å²) >= 11 is 0. The van der Waals surface area contributed by atoms with Crippen LogP contribution in [0.5, 0.6) is 0 Å². The summed E-state index contributed by atoms with van der Waals surface area (Å²) in [5, 5.41) is 4.71. The lowest BCUT2D eigenvalue weighted by atomic mass is 10.1. The third-order valence-electron chi connectivity index (χ3n) is 5.97. The van der Waals surface area contributed by atoms with E-state index < -0.39 is 28.3 Å². The highest BCUT2D eigenvalue weighted by molar-refractivity contribution is 7.91. The monoisotopic (exact) mass is 493 g/mol. The number of sulfone groups is 1. The molecule has 1 aliphatic heterocycles. The number of amides is 1. The first kappa shape index (κ1) is 24.4. The Hall–Kier alpha value is -3.72. The Kier molecular flexibility index (Phi) is 7.16. The Morgan fingerprint density at radius 3 is 2.51 bits per heavy atom. The van der Waals surface area contributed by atoms with Crippen molar-refractivity contribution in [2.45, 2.75) is 19.4 Å². The van der Waals surface area contributed by atoms with E-state index in [0.717, 1.165) is 16.8 Å². The van der Waals surface area contributed by atoms with E-state index in [-0.39, 0.29) is 17.5 Å². The van der Waals surface area contributed by atoms with Gasteiger partial charge in [-0.15, -0.1) is 0 Å². The van der Waals surface area contributed by atoms with E-state index >= 15 is 0 Å². The SMILES string of the molecule is Cc1ccc(-c2nn(-c3ccccc3)cc2/C=C/C(=O)OCC(=O)N(C)[C@@H]2CCS(=O)(=O)C2)cc1. The summed E-state index contributed by atoms with van der Waals surface area (Å²) in [6.07, 6.45) is 5.10. The fourth-order valence-corrected chi connectivity index (χ4v) is 5.66. The second-order valence-electron chi connectivity index (χ2n) is 8.58. The first-order chi connectivity index (χ1) is 16.7. The van der Waals surface area contributed by atoms with E-state index in [4.69, 9.17) is 9.84 Å². The maximum atomic E-state index is 12.4. The van der Waals surface area contributed by atoms with Crippen LogP contribution in [0.4, 0.5) is 0 Å². The lowest BCUT2D eigenvalue weighted by molar-refractivity contribution is -0.148. The summed E-state index contributed by atoms with van der Waals surface area (Å²) in [6, 6.07) is 17.2. The largest absolute Gasteiger partial charge is 0.452 e. The number of hydrogen-bond acceptors (Lipinski definition) is 6. The molecule has 0 unspecified atom stereocenters. The second-order valence-corrected chi connectivity index (χ2v) is 10.8. The highest BCUT2D eigenvalue weighted by Crippen LogP contribution is 2.25. The van der Waals surface area contributed by atoms with Crippen LogP contribution in [0.2, 0.25) is 0 Å². The average molecular weight is 494 g/mol. The van der Waals surface area contributed by atoms with Gasteiger partial charge in [-0.1, -0.05) is 48.0 Å². The standard InChI is InChI=1S/C26H27N3O5S/c1-19-8-10-20(11-9-19)26-21(16-29(27-26)22-6-4-3-5-7-22)12-13-25(31)34-17-24(30)28(2)23-14-15-35(32,33)18-23/h3-13,16,23H,14-15,17-18H2,1-2H3/b13-12+/t23-/m1/s1. The fraction of sp³-hybridized carbons (Fsp3) is 0.269. The van der Waals surface area contributed by atoms with Crippen molar-refractivity contribution in [3.05, 3.63) is 78.0 Å². The maximum absolute atomic E-state index is 12.4. The van der Waals surface area contributed by atoms with Crippen molar-refractivity contribution in [1.29, 1.82) is 0 Å². The van der Waals surface area contributed by atoms with Crippen LogP contribution in [0.25, 0.3) is 23.0 Å². The summed E-state index contributed by atoms with van der Waals surface area (Å²) in [7, 11) is -1.58. The second kappa shape index (κ2) is 10.3. The summed E-state index contributed by atoms with van der Waals surface area (Å²) in [6.45, 7) is 1.55. The van der Waals surface area contributed by atoms with Crippen LogP contribution in [0.3, 0.4) is 0 Å². The minimum atomic E-state index is -3.11. The maximum Gasteiger partial charge on any atom is 0.331 e. The Labute approximate surface area is 204 Å². The van der Waals surface area contributed by atoms with E-state index in [2.05, 4.69) is 0 Å². The van der Waals surface area contributed by atoms with Gasteiger partial charge in [0.05, 0.1) is 22.9 Å². The van der Waals surface area contributed by atoms with Crippen LogP contribution in [0, 0.1) is 6.92 Å². The summed E-state index contributed by atoms with van der Waals surface area (Å²) in [5.41, 5.74) is 4.33. The molecule has 1 amide bonds. The van der Waals surface area contributed by atoms with Crippen LogP contribution in [-0.2, 0) is 24.2 Å². The molecule has 2 aromatic carbocycles. The number of hydrogen-bond donors (Lipinski definition) is 0. The van der Waals surface area contributed by atoms with Crippen LogP contribution in [0.15, 0.2) is 66.9 Å². The molecule has 1 fully saturated rings. The predicted molar refractivity (Wildman–Crippen MR) is 134 cm³/mol. The zero-order valence-electron chi connectivity index (χ0n) is 19.6. The molecule has 1 aromatic heterocycles. The van der Waals surface area contributed by atoms with Crippen molar-refractivity contribution in [1.82, 2.24) is 14.7 Å². The van der Waals surface area contributed by atoms with E-state index in [9.17, 15) is 18.0 Å². The van der Waals surface area contributed by atoms with Gasteiger partial charge in [0.25, 0.3) is 5.91 Å². The molecule has 9 heteroatoms. The third kappa shape index (κ3) is 6.05. The van der Waals surface area contributed by atoms with Crippen LogP contribution >= 0.6 is 0 Å². The molecule has 35 heavy (non-hydrogen) atoms. The summed E-state index contributed by atoms with van der Waals surface area (Å²) in [4.78, 5) is 26.0. The molecule has 0 radical (unpaired) electrons. The normalized spacial score (nSPS) is 16.9. The molecule has 4 rings (SSSR count). The molecular weight excluding hydrogens is 466 g/mol. The first-order valence-corrected chi connectivity index (χ1v) is 13.1. The fourth-order valence-electron chi connectivity index (χ4n) is 3.88. The van der Waals surface area contributed by atoms with Crippen LogP contribution < -0.4 is 0 Å². The lowest BCUT2D eigenvalue weighted by Gasteiger charge is -2.22. The van der Waals surface area contributed by atoms with E-state index in [0.29, 0.717) is 17.7 Å². The number of para-hydroxylation sites is 1. The van der Waals surface area contributed by atoms with Gasteiger partial charge in [-0.25, -0.2) is 17.9 Å². The van der Waals surface area contributed by atoms with Crippen LogP contribution in [-0.4, -0.2) is 66.2 Å². The van der Waals surface area contributed by atoms with Gasteiger partial charge >= 0.3 is 5.97 Å². The number of nitrogens with zero attached hydrogens (tertiary/aromatic N) is 3. The molecule has 0 aliphatic carbocycles. The van der Waals surface area contributed by atoms with Gasteiger partial charge in [0.15, 0.2) is 16.4 Å². The van der Waals surface area contributed by atoms with E-state index in [1.54, 1.807) is 10.8 Å². The summed E-state index contributed by atoms with van der Waals surface area (Å²) < 4.78 is 30.2. The zero-order valence-corrected chi connectivity index (χ0v) is 20.4. The third-order valence-corrected chi connectivity index (χ3v) is 7.73. The molecule has 2 heterocycles. The molecule has 182 valence electrons. The Morgan fingerprint density at radius 2 is 1.86 bits per heavy atom. The lowest BCUT2D eigenvalue weighted by Crippen LogP contribution is -2.40. The van der Waals surface area contributed by atoms with Gasteiger partial charge in [-0.05, 0) is 31.6 Å². The van der Waals surface area contributed by atoms with Gasteiger partial charge in [0.2, 0.25) is 0 Å². The molecule has 1 aliphatic rings. The quantitative estimate of drug-likeness (QED) is 0.371. The zero-order chi connectivity index (χ0) is 25.0. The number of likely N-dealkylation sites (N-methyl/N-ethyl adjacent to an activating group) is 1. The van der Waals surface area contributed by atoms with Crippen molar-refractivity contribution in [2.75, 3.05) is 25.2 Å². The number of aryl methyl sites for hydroxylation is 1. The van der Waals surface area contributed by atoms with Crippen molar-refractivity contribution in [3.8, 4) is 16.9 Å². The first-order valence-electron chi connectivity index (χ1n) is 11.2. The Bertz CT molecular complexity index is 1350. The highest BCUT2D eigenvalue weighted by Gasteiger charge is 2.32. The molecule has 3 aromatic rings. The number of benzene rings is 2. The minimum absolute atomic E-state index is 0.0592. The average Bonchev–Trinajstić information content (AvgIpc) is 3.45. The predicted octanol–water partition coefficient (Wildman–Crippen LogP) is 3.05. The minimum Gasteiger partial charge on any atom is -0.452 e. The molecule has 0 spiro atoms. The van der Waals surface area contributed by atoms with Crippen molar-refractivity contribution >= 4 is 27.8 Å². The highest BCUT2D eigenvalue weighted by atomic mass is 32.2. The van der Waals surface area contributed by atoms with E-state index in [1.807, 2.05) is 67.7 Å².